The normalized spacial score (nSPS) is 11.0. The van der Waals surface area contributed by atoms with Gasteiger partial charge in [-0.2, -0.15) is 0 Å². The van der Waals surface area contributed by atoms with Crippen LogP contribution in [0.1, 0.15) is 31.8 Å². The molecule has 3 rings (SSSR count). The zero-order valence-electron chi connectivity index (χ0n) is 18.2. The molecule has 0 aliphatic rings. The molecular formula is C24H24ClN3O4S. The number of hydrogen-bond donors (Lipinski definition) is 3. The minimum atomic E-state index is -3.73. The molecule has 0 heterocycles. The maximum atomic E-state index is 12.6. The van der Waals surface area contributed by atoms with E-state index >= 15 is 0 Å². The first-order chi connectivity index (χ1) is 15.7. The summed E-state index contributed by atoms with van der Waals surface area (Å²) in [7, 11) is -3.73. The summed E-state index contributed by atoms with van der Waals surface area (Å²) in [5, 5.41) is 5.96. The molecule has 7 nitrogen and oxygen atoms in total. The van der Waals surface area contributed by atoms with Crippen molar-refractivity contribution in [2.24, 2.45) is 0 Å². The molecule has 0 radical (unpaired) electrons. The van der Waals surface area contributed by atoms with Gasteiger partial charge in [0.2, 0.25) is 0 Å². The van der Waals surface area contributed by atoms with Crippen LogP contribution in [0.5, 0.6) is 0 Å². The van der Waals surface area contributed by atoms with E-state index in [1.807, 2.05) is 13.8 Å². The molecule has 0 fully saturated rings. The highest BCUT2D eigenvalue weighted by molar-refractivity contribution is 7.92. The van der Waals surface area contributed by atoms with E-state index in [0.717, 1.165) is 11.1 Å². The number of hydrogen-bond acceptors (Lipinski definition) is 4. The van der Waals surface area contributed by atoms with Crippen LogP contribution >= 0.6 is 11.6 Å². The standard InChI is InChI=1S/C24H24ClN3O4S/c1-16-3-12-22(15-17(16)2)33(31,32)28-21-10-6-19(7-11-21)24(30)27-14-13-26-23(29)18-4-8-20(25)9-5-18/h3-12,15,28H,13-14H2,1-2H3,(H,26,29)(H,27,30). The van der Waals surface area contributed by atoms with Crippen molar-refractivity contribution in [1.82, 2.24) is 10.6 Å². The van der Waals surface area contributed by atoms with Crippen molar-refractivity contribution >= 4 is 39.1 Å². The molecule has 33 heavy (non-hydrogen) atoms. The van der Waals surface area contributed by atoms with E-state index in [0.29, 0.717) is 21.8 Å². The molecule has 3 aromatic carbocycles. The first-order valence-corrected chi connectivity index (χ1v) is 12.0. The van der Waals surface area contributed by atoms with Crippen molar-refractivity contribution in [3.63, 3.8) is 0 Å². The molecule has 3 aromatic rings. The van der Waals surface area contributed by atoms with E-state index in [4.69, 9.17) is 11.6 Å². The van der Waals surface area contributed by atoms with Crippen molar-refractivity contribution in [2.45, 2.75) is 18.7 Å². The Morgan fingerprint density at radius 1 is 0.758 bits per heavy atom. The molecule has 9 heteroatoms. The number of sulfonamides is 1. The number of rotatable bonds is 8. The first-order valence-electron chi connectivity index (χ1n) is 10.2. The minimum Gasteiger partial charge on any atom is -0.350 e. The third-order valence-corrected chi connectivity index (χ3v) is 6.62. The number of carbonyl (C=O) groups is 2. The van der Waals surface area contributed by atoms with Gasteiger partial charge in [-0.25, -0.2) is 8.42 Å². The van der Waals surface area contributed by atoms with Gasteiger partial charge in [0.25, 0.3) is 21.8 Å². The molecule has 0 aromatic heterocycles. The maximum Gasteiger partial charge on any atom is 0.261 e. The Morgan fingerprint density at radius 2 is 1.27 bits per heavy atom. The predicted molar refractivity (Wildman–Crippen MR) is 129 cm³/mol. The van der Waals surface area contributed by atoms with E-state index < -0.39 is 10.0 Å². The van der Waals surface area contributed by atoms with E-state index in [2.05, 4.69) is 15.4 Å². The molecule has 0 bridgehead atoms. The number of anilines is 1. The number of aryl methyl sites for hydroxylation is 2. The lowest BCUT2D eigenvalue weighted by Crippen LogP contribution is -2.34. The Hall–Kier alpha value is -3.36. The lowest BCUT2D eigenvalue weighted by molar-refractivity contribution is 0.0927. The molecular weight excluding hydrogens is 462 g/mol. The van der Waals surface area contributed by atoms with Gasteiger partial charge >= 0.3 is 0 Å². The highest BCUT2D eigenvalue weighted by Crippen LogP contribution is 2.19. The van der Waals surface area contributed by atoms with E-state index in [-0.39, 0.29) is 29.8 Å². The molecule has 0 aliphatic heterocycles. The maximum absolute atomic E-state index is 12.6. The monoisotopic (exact) mass is 485 g/mol. The Kier molecular flexibility index (Phi) is 7.73. The second-order valence-electron chi connectivity index (χ2n) is 7.45. The third-order valence-electron chi connectivity index (χ3n) is 4.99. The van der Waals surface area contributed by atoms with Gasteiger partial charge in [0.05, 0.1) is 4.90 Å². The fourth-order valence-corrected chi connectivity index (χ4v) is 4.21. The fourth-order valence-electron chi connectivity index (χ4n) is 2.94. The highest BCUT2D eigenvalue weighted by atomic mass is 35.5. The summed E-state index contributed by atoms with van der Waals surface area (Å²) in [6.45, 7) is 4.25. The van der Waals surface area contributed by atoms with Crippen LogP contribution < -0.4 is 15.4 Å². The smallest absolute Gasteiger partial charge is 0.261 e. The molecule has 0 unspecified atom stereocenters. The summed E-state index contributed by atoms with van der Waals surface area (Å²) in [6.07, 6.45) is 0. The molecule has 3 N–H and O–H groups in total. The van der Waals surface area contributed by atoms with Crippen LogP contribution in [0.4, 0.5) is 5.69 Å². The van der Waals surface area contributed by atoms with E-state index in [9.17, 15) is 18.0 Å². The lowest BCUT2D eigenvalue weighted by atomic mass is 10.1. The van der Waals surface area contributed by atoms with Crippen LogP contribution in [0.3, 0.4) is 0 Å². The van der Waals surface area contributed by atoms with Crippen molar-refractivity contribution in [3.05, 3.63) is 94.0 Å². The van der Waals surface area contributed by atoms with Gasteiger partial charge in [-0.3, -0.25) is 14.3 Å². The molecule has 0 atom stereocenters. The van der Waals surface area contributed by atoms with Gasteiger partial charge in [-0.1, -0.05) is 17.7 Å². The van der Waals surface area contributed by atoms with Gasteiger partial charge in [-0.05, 0) is 85.6 Å². The summed E-state index contributed by atoms with van der Waals surface area (Å²) in [5.41, 5.74) is 3.08. The molecule has 0 aliphatic carbocycles. The first kappa shape index (κ1) is 24.3. The van der Waals surface area contributed by atoms with E-state index in [1.54, 1.807) is 42.5 Å². The van der Waals surface area contributed by atoms with Crippen molar-refractivity contribution < 1.29 is 18.0 Å². The zero-order chi connectivity index (χ0) is 24.0. The summed E-state index contributed by atoms with van der Waals surface area (Å²) in [4.78, 5) is 24.5. The largest absolute Gasteiger partial charge is 0.350 e. The zero-order valence-corrected chi connectivity index (χ0v) is 19.8. The van der Waals surface area contributed by atoms with Crippen LogP contribution in [0.15, 0.2) is 71.6 Å². The van der Waals surface area contributed by atoms with Crippen molar-refractivity contribution in [3.8, 4) is 0 Å². The van der Waals surface area contributed by atoms with Crippen LogP contribution in [-0.4, -0.2) is 33.3 Å². The highest BCUT2D eigenvalue weighted by Gasteiger charge is 2.15. The van der Waals surface area contributed by atoms with Crippen LogP contribution in [-0.2, 0) is 10.0 Å². The second kappa shape index (κ2) is 10.5. The molecule has 0 saturated heterocycles. The van der Waals surface area contributed by atoms with Crippen LogP contribution in [0, 0.1) is 13.8 Å². The van der Waals surface area contributed by atoms with Crippen molar-refractivity contribution in [1.29, 1.82) is 0 Å². The second-order valence-corrected chi connectivity index (χ2v) is 9.57. The summed E-state index contributed by atoms with van der Waals surface area (Å²) < 4.78 is 27.7. The Morgan fingerprint density at radius 3 is 1.79 bits per heavy atom. The summed E-state index contributed by atoms with van der Waals surface area (Å²) in [5.74, 6) is -0.597. The predicted octanol–water partition coefficient (Wildman–Crippen LogP) is 3.92. The molecule has 2 amide bonds. The van der Waals surface area contributed by atoms with Gasteiger partial charge < -0.3 is 10.6 Å². The van der Waals surface area contributed by atoms with Crippen LogP contribution in [0.25, 0.3) is 0 Å². The van der Waals surface area contributed by atoms with Crippen molar-refractivity contribution in [2.75, 3.05) is 17.8 Å². The van der Waals surface area contributed by atoms with Gasteiger partial charge in [0.1, 0.15) is 0 Å². The number of halogens is 1. The molecule has 0 saturated carbocycles. The topological polar surface area (TPSA) is 104 Å². The van der Waals surface area contributed by atoms with E-state index in [1.165, 1.54) is 24.3 Å². The Bertz CT molecular complexity index is 1260. The number of amides is 2. The van der Waals surface area contributed by atoms with Crippen LogP contribution in [0.2, 0.25) is 5.02 Å². The quantitative estimate of drug-likeness (QED) is 0.420. The summed E-state index contributed by atoms with van der Waals surface area (Å²) >= 11 is 5.80. The lowest BCUT2D eigenvalue weighted by Gasteiger charge is -2.11. The number of benzene rings is 3. The summed E-state index contributed by atoms with van der Waals surface area (Å²) in [6, 6.07) is 17.5. The number of nitrogens with one attached hydrogen (secondary N) is 3. The SMILES string of the molecule is Cc1ccc(S(=O)(=O)Nc2ccc(C(=O)NCCNC(=O)c3ccc(Cl)cc3)cc2)cc1C. The Labute approximate surface area is 198 Å². The van der Waals surface area contributed by atoms with Gasteiger partial charge in [0, 0.05) is 34.9 Å². The fraction of sp³-hybridized carbons (Fsp3) is 0.167. The van der Waals surface area contributed by atoms with Gasteiger partial charge in [0.15, 0.2) is 0 Å². The average Bonchev–Trinajstić information content (AvgIpc) is 2.79. The third kappa shape index (κ3) is 6.57. The molecule has 0 spiro atoms. The Balaban J connectivity index is 1.50. The minimum absolute atomic E-state index is 0.174. The van der Waals surface area contributed by atoms with Gasteiger partial charge in [-0.15, -0.1) is 0 Å². The average molecular weight is 486 g/mol. The number of carbonyl (C=O) groups excluding carboxylic acids is 2. The molecule has 172 valence electrons.